The van der Waals surface area contributed by atoms with Gasteiger partial charge < -0.3 is 9.47 Å². The number of halogens is 2. The first-order valence-electron chi connectivity index (χ1n) is 5.53. The van der Waals surface area contributed by atoms with Crippen molar-refractivity contribution in [2.45, 2.75) is 32.3 Å². The van der Waals surface area contributed by atoms with E-state index in [9.17, 15) is 0 Å². The predicted octanol–water partition coefficient (Wildman–Crippen LogP) is 4.38. The van der Waals surface area contributed by atoms with Gasteiger partial charge in [0.2, 0.25) is 0 Å². The van der Waals surface area contributed by atoms with Crippen LogP contribution in [0.2, 0.25) is 0 Å². The van der Waals surface area contributed by atoms with Crippen molar-refractivity contribution in [3.05, 3.63) is 28.2 Å². The molecule has 4 heteroatoms. The molecule has 0 aliphatic carbocycles. The molecule has 0 atom stereocenters. The Morgan fingerprint density at radius 2 is 1.94 bits per heavy atom. The smallest absolute Gasteiger partial charge is 0.119 e. The zero-order valence-electron chi connectivity index (χ0n) is 10.4. The van der Waals surface area contributed by atoms with Gasteiger partial charge in [-0.25, -0.2) is 0 Å². The van der Waals surface area contributed by atoms with Crippen LogP contribution < -0.4 is 4.74 Å². The fourth-order valence-corrected chi connectivity index (χ4v) is 2.02. The minimum Gasteiger partial charge on any atom is -0.491 e. The van der Waals surface area contributed by atoms with E-state index in [-0.39, 0.29) is 5.60 Å². The molecule has 0 radical (unpaired) electrons. The lowest BCUT2D eigenvalue weighted by Gasteiger charge is -2.19. The van der Waals surface area contributed by atoms with Gasteiger partial charge in [-0.2, -0.15) is 0 Å². The van der Waals surface area contributed by atoms with Gasteiger partial charge >= 0.3 is 0 Å². The van der Waals surface area contributed by atoms with Crippen molar-refractivity contribution in [1.29, 1.82) is 0 Å². The van der Waals surface area contributed by atoms with Crippen LogP contribution in [0.3, 0.4) is 0 Å². The third-order valence-electron chi connectivity index (χ3n) is 2.05. The Kier molecular flexibility index (Phi) is 5.77. The van der Waals surface area contributed by atoms with Gasteiger partial charge in [0, 0.05) is 10.4 Å². The van der Waals surface area contributed by atoms with Crippen molar-refractivity contribution in [2.75, 3.05) is 13.2 Å². The summed E-state index contributed by atoms with van der Waals surface area (Å²) in [6.07, 6.45) is 0. The summed E-state index contributed by atoms with van der Waals surface area (Å²) in [4.78, 5) is 0. The third kappa shape index (κ3) is 5.75. The van der Waals surface area contributed by atoms with Gasteiger partial charge in [0.15, 0.2) is 0 Å². The molecule has 0 bridgehead atoms. The molecule has 0 fully saturated rings. The molecule has 17 heavy (non-hydrogen) atoms. The fraction of sp³-hybridized carbons (Fsp3) is 0.538. The monoisotopic (exact) mass is 320 g/mol. The summed E-state index contributed by atoms with van der Waals surface area (Å²) >= 11 is 9.25. The normalized spacial score (nSPS) is 11.6. The summed E-state index contributed by atoms with van der Waals surface area (Å²) < 4.78 is 12.2. The third-order valence-corrected chi connectivity index (χ3v) is 3.11. The van der Waals surface area contributed by atoms with Gasteiger partial charge in [0.25, 0.3) is 0 Å². The Hall–Kier alpha value is -0.250. The van der Waals surface area contributed by atoms with Crippen molar-refractivity contribution in [3.63, 3.8) is 0 Å². The maximum Gasteiger partial charge on any atom is 0.119 e. The average molecular weight is 322 g/mol. The van der Waals surface area contributed by atoms with Crippen molar-refractivity contribution < 1.29 is 9.47 Å². The van der Waals surface area contributed by atoms with Gasteiger partial charge in [-0.15, -0.1) is 11.6 Å². The van der Waals surface area contributed by atoms with Crippen LogP contribution in [0, 0.1) is 0 Å². The molecule has 0 unspecified atom stereocenters. The Balaban J connectivity index is 2.42. The first-order valence-corrected chi connectivity index (χ1v) is 6.86. The van der Waals surface area contributed by atoms with Crippen LogP contribution >= 0.6 is 27.5 Å². The summed E-state index contributed by atoms with van der Waals surface area (Å²) in [6.45, 7) is 7.20. The van der Waals surface area contributed by atoms with Crippen LogP contribution in [0.25, 0.3) is 0 Å². The Morgan fingerprint density at radius 1 is 1.24 bits per heavy atom. The lowest BCUT2D eigenvalue weighted by molar-refractivity contribution is -0.0163. The van der Waals surface area contributed by atoms with E-state index >= 15 is 0 Å². The van der Waals surface area contributed by atoms with Crippen LogP contribution in [0.5, 0.6) is 5.75 Å². The lowest BCUT2D eigenvalue weighted by Crippen LogP contribution is -2.22. The zero-order valence-corrected chi connectivity index (χ0v) is 12.8. The van der Waals surface area contributed by atoms with E-state index in [0.29, 0.717) is 19.1 Å². The van der Waals surface area contributed by atoms with E-state index in [1.165, 1.54) is 0 Å². The van der Waals surface area contributed by atoms with Gasteiger partial charge in [-0.05, 0) is 44.5 Å². The molecule has 0 amide bonds. The van der Waals surface area contributed by atoms with Gasteiger partial charge in [0.05, 0.1) is 12.2 Å². The molecule has 0 heterocycles. The minimum absolute atomic E-state index is 0.121. The molecule has 0 aliphatic heterocycles. The highest BCUT2D eigenvalue weighted by molar-refractivity contribution is 9.10. The molecular weight excluding hydrogens is 303 g/mol. The first-order chi connectivity index (χ1) is 7.92. The van der Waals surface area contributed by atoms with Crippen molar-refractivity contribution in [3.8, 4) is 5.75 Å². The molecule has 0 spiro atoms. The maximum atomic E-state index is 5.82. The SMILES string of the molecule is CC(C)(C)OCCOc1ccc(Br)c(CCl)c1. The maximum absolute atomic E-state index is 5.82. The largest absolute Gasteiger partial charge is 0.491 e. The highest BCUT2D eigenvalue weighted by Gasteiger charge is 2.09. The summed E-state index contributed by atoms with van der Waals surface area (Å²) in [5.41, 5.74) is 0.908. The number of rotatable bonds is 5. The zero-order chi connectivity index (χ0) is 12.9. The van der Waals surface area contributed by atoms with Crippen molar-refractivity contribution in [2.24, 2.45) is 0 Å². The highest BCUT2D eigenvalue weighted by Crippen LogP contribution is 2.24. The van der Waals surface area contributed by atoms with E-state index in [1.807, 2.05) is 39.0 Å². The Morgan fingerprint density at radius 3 is 2.53 bits per heavy atom. The molecule has 0 saturated heterocycles. The second-order valence-electron chi connectivity index (χ2n) is 4.70. The van der Waals surface area contributed by atoms with E-state index in [4.69, 9.17) is 21.1 Å². The van der Waals surface area contributed by atoms with Crippen LogP contribution in [0.1, 0.15) is 26.3 Å². The lowest BCUT2D eigenvalue weighted by atomic mass is 10.2. The molecule has 1 aromatic rings. The number of hydrogen-bond acceptors (Lipinski definition) is 2. The second-order valence-corrected chi connectivity index (χ2v) is 5.82. The summed E-state index contributed by atoms with van der Waals surface area (Å²) in [6, 6.07) is 5.79. The predicted molar refractivity (Wildman–Crippen MR) is 74.9 cm³/mol. The van der Waals surface area contributed by atoms with Gasteiger partial charge in [-0.1, -0.05) is 15.9 Å². The topological polar surface area (TPSA) is 18.5 Å². The van der Waals surface area contributed by atoms with Gasteiger partial charge in [0.1, 0.15) is 12.4 Å². The summed E-state index contributed by atoms with van der Waals surface area (Å²) in [7, 11) is 0. The molecule has 0 aliphatic rings. The Labute approximate surface area is 116 Å². The number of hydrogen-bond donors (Lipinski definition) is 0. The van der Waals surface area contributed by atoms with E-state index in [0.717, 1.165) is 15.8 Å². The van der Waals surface area contributed by atoms with Crippen LogP contribution in [-0.4, -0.2) is 18.8 Å². The van der Waals surface area contributed by atoms with E-state index in [2.05, 4.69) is 15.9 Å². The quantitative estimate of drug-likeness (QED) is 0.592. The van der Waals surface area contributed by atoms with Crippen LogP contribution in [-0.2, 0) is 10.6 Å². The summed E-state index contributed by atoms with van der Waals surface area (Å²) in [5, 5.41) is 0. The molecule has 0 aromatic heterocycles. The average Bonchev–Trinajstić information content (AvgIpc) is 2.25. The van der Waals surface area contributed by atoms with Crippen LogP contribution in [0.4, 0.5) is 0 Å². The fourth-order valence-electron chi connectivity index (χ4n) is 1.25. The highest BCUT2D eigenvalue weighted by atomic mass is 79.9. The number of ether oxygens (including phenoxy) is 2. The second kappa shape index (κ2) is 6.62. The first kappa shape index (κ1) is 14.8. The molecule has 96 valence electrons. The van der Waals surface area contributed by atoms with Crippen molar-refractivity contribution in [1.82, 2.24) is 0 Å². The molecule has 1 rings (SSSR count). The number of benzene rings is 1. The molecule has 1 aromatic carbocycles. The van der Waals surface area contributed by atoms with E-state index in [1.54, 1.807) is 0 Å². The van der Waals surface area contributed by atoms with Crippen LogP contribution in [0.15, 0.2) is 22.7 Å². The molecule has 0 N–H and O–H groups in total. The van der Waals surface area contributed by atoms with Gasteiger partial charge in [-0.3, -0.25) is 0 Å². The standard InChI is InChI=1S/C13H18BrClO2/c1-13(2,3)17-7-6-16-11-4-5-12(14)10(8-11)9-15/h4-5,8H,6-7,9H2,1-3H3. The number of alkyl halides is 1. The molecule has 2 nitrogen and oxygen atoms in total. The molecular formula is C13H18BrClO2. The molecule has 0 saturated carbocycles. The summed E-state index contributed by atoms with van der Waals surface area (Å²) in [5.74, 6) is 1.29. The minimum atomic E-state index is -0.121. The van der Waals surface area contributed by atoms with Crippen molar-refractivity contribution >= 4 is 27.5 Å². The Bertz CT molecular complexity index is 361. The van der Waals surface area contributed by atoms with E-state index < -0.39 is 0 Å².